The second-order valence-corrected chi connectivity index (χ2v) is 7.37. The number of carboxylic acid groups (broad SMARTS) is 1. The fourth-order valence-corrected chi connectivity index (χ4v) is 3.47. The molecule has 32 heavy (non-hydrogen) atoms. The van der Waals surface area contributed by atoms with E-state index >= 15 is 0 Å². The van der Waals surface area contributed by atoms with Crippen LogP contribution in [0.2, 0.25) is 0 Å². The molecule has 0 radical (unpaired) electrons. The minimum atomic E-state index is -1.29. The largest absolute Gasteiger partial charge is 0.545 e. The standard InChI is InChI=1S/C24H18N2O6/c1-13-9-14(2)11-17(10-13)26-22(28)19(21(27)25-24(26)31)12-18-7-8-20(32-18)15-3-5-16(6-4-15)23(29)30/h3-12H,1-2H3,(H,29,30)(H,25,27,31)/p-1/b19-12-. The molecule has 4 amide bonds. The van der Waals surface area contributed by atoms with Gasteiger partial charge in [0, 0.05) is 5.56 Å². The third kappa shape index (κ3) is 3.93. The van der Waals surface area contributed by atoms with E-state index in [2.05, 4.69) is 5.32 Å². The SMILES string of the molecule is Cc1cc(C)cc(N2C(=O)NC(=O)/C(=C/c3ccc(-c4ccc(C(=O)[O-])cc4)o3)C2=O)c1. The van der Waals surface area contributed by atoms with Gasteiger partial charge in [-0.05, 0) is 60.9 Å². The number of carbonyl (C=O) groups excluding carboxylic acids is 4. The van der Waals surface area contributed by atoms with E-state index in [1.165, 1.54) is 18.2 Å². The van der Waals surface area contributed by atoms with Crippen molar-refractivity contribution >= 4 is 35.6 Å². The Morgan fingerprint density at radius 2 is 1.62 bits per heavy atom. The van der Waals surface area contributed by atoms with Crippen LogP contribution in [0.5, 0.6) is 0 Å². The van der Waals surface area contributed by atoms with Gasteiger partial charge in [-0.25, -0.2) is 9.69 Å². The number of rotatable bonds is 4. The molecule has 8 nitrogen and oxygen atoms in total. The Bertz CT molecular complexity index is 1280. The lowest BCUT2D eigenvalue weighted by molar-refractivity contribution is -0.255. The van der Waals surface area contributed by atoms with Crippen molar-refractivity contribution in [1.29, 1.82) is 0 Å². The Hall–Kier alpha value is -4.46. The van der Waals surface area contributed by atoms with Crippen LogP contribution in [0.3, 0.4) is 0 Å². The number of hydrogen-bond donors (Lipinski definition) is 1. The van der Waals surface area contributed by atoms with Gasteiger partial charge in [-0.3, -0.25) is 14.9 Å². The number of aryl methyl sites for hydroxylation is 2. The molecular formula is C24H17N2O6-. The van der Waals surface area contributed by atoms with Gasteiger partial charge in [0.15, 0.2) is 0 Å². The lowest BCUT2D eigenvalue weighted by atomic mass is 10.1. The predicted molar refractivity (Wildman–Crippen MR) is 113 cm³/mol. The van der Waals surface area contributed by atoms with Gasteiger partial charge >= 0.3 is 6.03 Å². The van der Waals surface area contributed by atoms with Crippen LogP contribution < -0.4 is 15.3 Å². The Balaban J connectivity index is 1.66. The number of nitrogens with zero attached hydrogens (tertiary/aromatic N) is 1. The van der Waals surface area contributed by atoms with Gasteiger partial charge in [0.1, 0.15) is 17.1 Å². The molecule has 160 valence electrons. The summed E-state index contributed by atoms with van der Waals surface area (Å²) in [5.41, 5.74) is 2.47. The second-order valence-electron chi connectivity index (χ2n) is 7.37. The Labute approximate surface area is 182 Å². The number of amides is 4. The lowest BCUT2D eigenvalue weighted by Gasteiger charge is -2.26. The number of furan rings is 1. The zero-order valence-electron chi connectivity index (χ0n) is 17.2. The number of carboxylic acids is 1. The van der Waals surface area contributed by atoms with Gasteiger partial charge in [-0.15, -0.1) is 0 Å². The van der Waals surface area contributed by atoms with Crippen LogP contribution in [0.1, 0.15) is 27.2 Å². The van der Waals surface area contributed by atoms with E-state index in [4.69, 9.17) is 4.42 Å². The zero-order chi connectivity index (χ0) is 23.0. The van der Waals surface area contributed by atoms with Crippen molar-refractivity contribution in [2.75, 3.05) is 4.90 Å². The van der Waals surface area contributed by atoms with Crippen molar-refractivity contribution < 1.29 is 28.7 Å². The zero-order valence-corrected chi connectivity index (χ0v) is 17.2. The average molecular weight is 429 g/mol. The molecule has 2 heterocycles. The maximum absolute atomic E-state index is 13.0. The van der Waals surface area contributed by atoms with Crippen LogP contribution in [0.25, 0.3) is 17.4 Å². The number of nitrogens with one attached hydrogen (secondary N) is 1. The molecule has 0 spiro atoms. The van der Waals surface area contributed by atoms with Crippen molar-refractivity contribution in [3.05, 3.63) is 82.6 Å². The van der Waals surface area contributed by atoms with Gasteiger partial charge in [0.05, 0.1) is 11.7 Å². The quantitative estimate of drug-likeness (QED) is 0.503. The topological polar surface area (TPSA) is 120 Å². The number of barbiturate groups is 1. The first-order chi connectivity index (χ1) is 15.2. The molecule has 4 rings (SSSR count). The molecule has 1 aliphatic rings. The normalized spacial score (nSPS) is 15.2. The minimum Gasteiger partial charge on any atom is -0.545 e. The van der Waals surface area contributed by atoms with Crippen molar-refractivity contribution in [3.63, 3.8) is 0 Å². The fraction of sp³-hybridized carbons (Fsp3) is 0.0833. The van der Waals surface area contributed by atoms with E-state index in [-0.39, 0.29) is 16.9 Å². The number of carbonyl (C=O) groups is 4. The highest BCUT2D eigenvalue weighted by Crippen LogP contribution is 2.27. The number of anilines is 1. The summed E-state index contributed by atoms with van der Waals surface area (Å²) in [4.78, 5) is 49.6. The first kappa shape index (κ1) is 20.8. The predicted octanol–water partition coefficient (Wildman–Crippen LogP) is 2.59. The molecule has 0 saturated carbocycles. The van der Waals surface area contributed by atoms with E-state index in [0.29, 0.717) is 17.0 Å². The number of benzene rings is 2. The van der Waals surface area contributed by atoms with Gasteiger partial charge in [-0.2, -0.15) is 0 Å². The highest BCUT2D eigenvalue weighted by Gasteiger charge is 2.37. The monoisotopic (exact) mass is 429 g/mol. The van der Waals surface area contributed by atoms with Crippen LogP contribution in [0.4, 0.5) is 10.5 Å². The molecule has 1 aliphatic heterocycles. The first-order valence-electron chi connectivity index (χ1n) is 9.64. The van der Waals surface area contributed by atoms with E-state index in [0.717, 1.165) is 16.0 Å². The van der Waals surface area contributed by atoms with Crippen LogP contribution >= 0.6 is 0 Å². The third-order valence-electron chi connectivity index (χ3n) is 4.88. The molecule has 3 aromatic rings. The van der Waals surface area contributed by atoms with Crippen LogP contribution in [-0.4, -0.2) is 23.8 Å². The molecule has 0 unspecified atom stereocenters. The van der Waals surface area contributed by atoms with E-state index in [9.17, 15) is 24.3 Å². The number of hydrogen-bond acceptors (Lipinski definition) is 6. The summed E-state index contributed by atoms with van der Waals surface area (Å²) in [6.07, 6.45) is 1.26. The van der Waals surface area contributed by atoms with Gasteiger partial charge in [-0.1, -0.05) is 30.3 Å². The molecule has 1 fully saturated rings. The van der Waals surface area contributed by atoms with E-state index < -0.39 is 23.8 Å². The number of urea groups is 1. The summed E-state index contributed by atoms with van der Waals surface area (Å²) >= 11 is 0. The van der Waals surface area contributed by atoms with Crippen LogP contribution in [0.15, 0.2) is 64.6 Å². The molecule has 1 aromatic heterocycles. The first-order valence-corrected chi connectivity index (χ1v) is 9.64. The highest BCUT2D eigenvalue weighted by atomic mass is 16.4. The molecular weight excluding hydrogens is 412 g/mol. The van der Waals surface area contributed by atoms with Gasteiger partial charge < -0.3 is 14.3 Å². The summed E-state index contributed by atoms with van der Waals surface area (Å²) in [5.74, 6) is -2.24. The number of imide groups is 2. The summed E-state index contributed by atoms with van der Waals surface area (Å²) in [7, 11) is 0. The smallest absolute Gasteiger partial charge is 0.335 e. The maximum Gasteiger partial charge on any atom is 0.335 e. The second kappa shape index (κ2) is 7.99. The van der Waals surface area contributed by atoms with Crippen molar-refractivity contribution in [2.24, 2.45) is 0 Å². The Kier molecular flexibility index (Phi) is 5.19. The number of aromatic carboxylic acids is 1. The van der Waals surface area contributed by atoms with E-state index in [1.54, 1.807) is 36.4 Å². The Morgan fingerprint density at radius 3 is 2.25 bits per heavy atom. The molecule has 0 aliphatic carbocycles. The lowest BCUT2D eigenvalue weighted by Crippen LogP contribution is -2.54. The summed E-state index contributed by atoms with van der Waals surface area (Å²) < 4.78 is 5.70. The molecule has 0 atom stereocenters. The molecule has 8 heteroatoms. The van der Waals surface area contributed by atoms with Gasteiger partial charge in [0.25, 0.3) is 11.8 Å². The summed E-state index contributed by atoms with van der Waals surface area (Å²) in [5, 5.41) is 13.1. The van der Waals surface area contributed by atoms with E-state index in [1.807, 2.05) is 19.9 Å². The third-order valence-corrected chi connectivity index (χ3v) is 4.88. The van der Waals surface area contributed by atoms with Crippen LogP contribution in [0, 0.1) is 13.8 Å². The highest BCUT2D eigenvalue weighted by molar-refractivity contribution is 6.39. The van der Waals surface area contributed by atoms with Crippen LogP contribution in [-0.2, 0) is 9.59 Å². The van der Waals surface area contributed by atoms with Gasteiger partial charge in [0.2, 0.25) is 0 Å². The Morgan fingerprint density at radius 1 is 0.969 bits per heavy atom. The van der Waals surface area contributed by atoms with Crippen molar-refractivity contribution in [2.45, 2.75) is 13.8 Å². The van der Waals surface area contributed by atoms with Crippen molar-refractivity contribution in [1.82, 2.24) is 5.32 Å². The molecule has 1 saturated heterocycles. The summed E-state index contributed by atoms with van der Waals surface area (Å²) in [6, 6.07) is 13.5. The van der Waals surface area contributed by atoms with Crippen molar-refractivity contribution in [3.8, 4) is 11.3 Å². The average Bonchev–Trinajstić information content (AvgIpc) is 3.19. The fourth-order valence-electron chi connectivity index (χ4n) is 3.47. The molecule has 0 bridgehead atoms. The maximum atomic E-state index is 13.0. The molecule has 1 N–H and O–H groups in total. The summed E-state index contributed by atoms with van der Waals surface area (Å²) in [6.45, 7) is 3.68. The molecule has 2 aromatic carbocycles. The minimum absolute atomic E-state index is 0.0308.